The Morgan fingerprint density at radius 1 is 1.23 bits per heavy atom. The number of nitrogens with one attached hydrogen (secondary N) is 1. The second-order valence-corrected chi connectivity index (χ2v) is 8.50. The largest absolute Gasteiger partial charge is 0.441 e. The van der Waals surface area contributed by atoms with Crippen molar-refractivity contribution in [3.8, 4) is 11.3 Å². The molecule has 0 spiro atoms. The lowest BCUT2D eigenvalue weighted by atomic mass is 10.0. The van der Waals surface area contributed by atoms with Crippen molar-refractivity contribution in [1.82, 2.24) is 15.2 Å². The van der Waals surface area contributed by atoms with Gasteiger partial charge in [0, 0.05) is 37.5 Å². The number of hydrogen-bond donors (Lipinski definition) is 2. The Balaban J connectivity index is 1.43. The summed E-state index contributed by atoms with van der Waals surface area (Å²) in [5.41, 5.74) is 7.54. The predicted molar refractivity (Wildman–Crippen MR) is 116 cm³/mol. The van der Waals surface area contributed by atoms with Crippen molar-refractivity contribution in [3.63, 3.8) is 0 Å². The number of aromatic nitrogens is 1. The molecule has 1 saturated heterocycles. The third-order valence-electron chi connectivity index (χ3n) is 5.33. The van der Waals surface area contributed by atoms with Gasteiger partial charge in [0.2, 0.25) is 11.8 Å². The summed E-state index contributed by atoms with van der Waals surface area (Å²) in [6, 6.07) is 8.50. The van der Waals surface area contributed by atoms with Crippen LogP contribution in [-0.4, -0.2) is 47.4 Å². The van der Waals surface area contributed by atoms with Gasteiger partial charge in [-0.2, -0.15) is 0 Å². The predicted octanol–water partition coefficient (Wildman–Crippen LogP) is 2.54. The molecule has 0 radical (unpaired) electrons. The minimum absolute atomic E-state index is 0.00106. The number of nitrogens with two attached hydrogens (primary N) is 1. The molecule has 1 fully saturated rings. The molecular weight excluding hydrogens is 380 g/mol. The summed E-state index contributed by atoms with van der Waals surface area (Å²) < 4.78 is 5.84. The van der Waals surface area contributed by atoms with Gasteiger partial charge >= 0.3 is 0 Å². The summed E-state index contributed by atoms with van der Waals surface area (Å²) in [6.07, 6.45) is 5.25. The van der Waals surface area contributed by atoms with Crippen molar-refractivity contribution in [1.29, 1.82) is 0 Å². The number of hydrogen-bond acceptors (Lipinski definition) is 5. The molecule has 3 N–H and O–H groups in total. The van der Waals surface area contributed by atoms with E-state index in [4.69, 9.17) is 10.2 Å². The number of nitrogens with zero attached hydrogens (tertiary/aromatic N) is 2. The Hall–Kier alpha value is -2.67. The zero-order chi connectivity index (χ0) is 21.5. The second kappa shape index (κ2) is 10.4. The first-order valence-electron chi connectivity index (χ1n) is 10.7. The molecule has 2 aromatic rings. The van der Waals surface area contributed by atoms with Crippen LogP contribution in [-0.2, 0) is 22.4 Å². The minimum atomic E-state index is -0.311. The Kier molecular flexibility index (Phi) is 7.63. The lowest BCUT2D eigenvalue weighted by Crippen LogP contribution is -2.46. The van der Waals surface area contributed by atoms with E-state index >= 15 is 0 Å². The Bertz CT molecular complexity index is 836. The molecule has 3 rings (SSSR count). The summed E-state index contributed by atoms with van der Waals surface area (Å²) in [7, 11) is 0. The molecule has 1 aliphatic rings. The van der Waals surface area contributed by atoms with Gasteiger partial charge < -0.3 is 15.5 Å². The third-order valence-corrected chi connectivity index (χ3v) is 5.33. The highest BCUT2D eigenvalue weighted by Crippen LogP contribution is 2.22. The highest BCUT2D eigenvalue weighted by atomic mass is 16.4. The molecule has 0 aliphatic carbocycles. The molecule has 2 heterocycles. The van der Waals surface area contributed by atoms with Gasteiger partial charge in [-0.3, -0.25) is 14.5 Å². The molecule has 1 aromatic carbocycles. The fourth-order valence-electron chi connectivity index (χ4n) is 3.81. The van der Waals surface area contributed by atoms with Crippen molar-refractivity contribution in [3.05, 3.63) is 41.9 Å². The van der Waals surface area contributed by atoms with E-state index in [1.54, 1.807) is 6.20 Å². The van der Waals surface area contributed by atoms with Crippen LogP contribution in [0, 0.1) is 5.92 Å². The maximum atomic E-state index is 12.3. The zero-order valence-electron chi connectivity index (χ0n) is 17.9. The number of primary amides is 1. The first kappa shape index (κ1) is 22.0. The highest BCUT2D eigenvalue weighted by Gasteiger charge is 2.21. The van der Waals surface area contributed by atoms with E-state index in [1.165, 1.54) is 5.56 Å². The Labute approximate surface area is 178 Å². The van der Waals surface area contributed by atoms with E-state index in [0.717, 1.165) is 43.7 Å². The van der Waals surface area contributed by atoms with Gasteiger partial charge in [0.1, 0.15) is 0 Å². The van der Waals surface area contributed by atoms with E-state index in [0.29, 0.717) is 24.7 Å². The number of rotatable bonds is 9. The Morgan fingerprint density at radius 3 is 2.57 bits per heavy atom. The zero-order valence-corrected chi connectivity index (χ0v) is 17.9. The average molecular weight is 413 g/mol. The molecule has 0 unspecified atom stereocenters. The molecule has 7 heteroatoms. The van der Waals surface area contributed by atoms with Gasteiger partial charge in [0.25, 0.3) is 0 Å². The molecule has 162 valence electrons. The van der Waals surface area contributed by atoms with Crippen LogP contribution in [0.3, 0.4) is 0 Å². The monoisotopic (exact) mass is 412 g/mol. The fraction of sp³-hybridized carbons (Fsp3) is 0.522. The van der Waals surface area contributed by atoms with E-state index in [9.17, 15) is 9.59 Å². The van der Waals surface area contributed by atoms with Crippen LogP contribution in [0.5, 0.6) is 0 Å². The molecule has 1 aromatic heterocycles. The minimum Gasteiger partial charge on any atom is -0.441 e. The number of piperidine rings is 1. The van der Waals surface area contributed by atoms with Crippen LogP contribution in [0.15, 0.2) is 34.9 Å². The van der Waals surface area contributed by atoms with Gasteiger partial charge in [0.05, 0.1) is 12.7 Å². The summed E-state index contributed by atoms with van der Waals surface area (Å²) >= 11 is 0. The maximum Gasteiger partial charge on any atom is 0.231 e. The van der Waals surface area contributed by atoms with E-state index in [2.05, 4.69) is 48.4 Å². The van der Waals surface area contributed by atoms with Crippen LogP contribution in [0.25, 0.3) is 11.3 Å². The molecule has 0 bridgehead atoms. The van der Waals surface area contributed by atoms with Gasteiger partial charge in [-0.05, 0) is 30.7 Å². The molecule has 0 atom stereocenters. The fourth-order valence-corrected chi connectivity index (χ4v) is 3.81. The molecule has 7 nitrogen and oxygen atoms in total. The average Bonchev–Trinajstić information content (AvgIpc) is 3.17. The quantitative estimate of drug-likeness (QED) is 0.659. The normalized spacial score (nSPS) is 15.4. The summed E-state index contributed by atoms with van der Waals surface area (Å²) in [4.78, 5) is 29.6. The highest BCUT2D eigenvalue weighted by molar-refractivity contribution is 5.76. The van der Waals surface area contributed by atoms with Gasteiger partial charge in [-0.25, -0.2) is 4.98 Å². The number of aryl methyl sites for hydroxylation is 1. The third kappa shape index (κ3) is 6.69. The summed E-state index contributed by atoms with van der Waals surface area (Å²) in [5, 5.41) is 3.07. The van der Waals surface area contributed by atoms with Gasteiger partial charge in [0.15, 0.2) is 11.7 Å². The molecule has 1 aliphatic heterocycles. The summed E-state index contributed by atoms with van der Waals surface area (Å²) in [5.74, 6) is 1.61. The molecule has 0 saturated carbocycles. The first-order valence-corrected chi connectivity index (χ1v) is 10.7. The standard InChI is InChI=1S/C23H32N4O3/c1-16(2)13-17-3-5-18(6-4-17)20-14-25-23(30-20)8-7-22(29)26-19-9-11-27(12-10-19)15-21(24)28/h3-6,14,16,19H,7-13,15H2,1-2H3,(H2,24,28)(H,26,29). The molecule has 30 heavy (non-hydrogen) atoms. The van der Waals surface area contributed by atoms with Crippen LogP contribution in [0.4, 0.5) is 0 Å². The molecular formula is C23H32N4O3. The second-order valence-electron chi connectivity index (χ2n) is 8.50. The van der Waals surface area contributed by atoms with E-state index in [1.807, 2.05) is 4.90 Å². The molecule has 2 amide bonds. The van der Waals surface area contributed by atoms with Crippen molar-refractivity contribution in [2.24, 2.45) is 11.7 Å². The van der Waals surface area contributed by atoms with Crippen molar-refractivity contribution in [2.45, 2.75) is 52.0 Å². The number of benzene rings is 1. The van der Waals surface area contributed by atoms with Crippen LogP contribution >= 0.6 is 0 Å². The first-order chi connectivity index (χ1) is 14.4. The SMILES string of the molecule is CC(C)Cc1ccc(-c2cnc(CCC(=O)NC3CCN(CC(N)=O)CC3)o2)cc1. The number of oxazole rings is 1. The lowest BCUT2D eigenvalue weighted by Gasteiger charge is -2.31. The number of likely N-dealkylation sites (tertiary alicyclic amines) is 1. The van der Waals surface area contributed by atoms with Crippen LogP contribution < -0.4 is 11.1 Å². The summed E-state index contributed by atoms with van der Waals surface area (Å²) in [6.45, 7) is 6.24. The van der Waals surface area contributed by atoms with Crippen molar-refractivity contribution < 1.29 is 14.0 Å². The van der Waals surface area contributed by atoms with E-state index < -0.39 is 0 Å². The van der Waals surface area contributed by atoms with Crippen molar-refractivity contribution >= 4 is 11.8 Å². The number of carbonyl (C=O) groups is 2. The maximum absolute atomic E-state index is 12.3. The van der Waals surface area contributed by atoms with Crippen molar-refractivity contribution in [2.75, 3.05) is 19.6 Å². The van der Waals surface area contributed by atoms with Crippen LogP contribution in [0.2, 0.25) is 0 Å². The smallest absolute Gasteiger partial charge is 0.231 e. The Morgan fingerprint density at radius 2 is 1.93 bits per heavy atom. The van der Waals surface area contributed by atoms with Gasteiger partial charge in [-0.15, -0.1) is 0 Å². The number of amides is 2. The lowest BCUT2D eigenvalue weighted by molar-refractivity contribution is -0.123. The number of carbonyl (C=O) groups excluding carboxylic acids is 2. The van der Waals surface area contributed by atoms with E-state index in [-0.39, 0.29) is 24.4 Å². The topological polar surface area (TPSA) is 101 Å². The van der Waals surface area contributed by atoms with Gasteiger partial charge in [-0.1, -0.05) is 38.1 Å². The van der Waals surface area contributed by atoms with Crippen LogP contribution in [0.1, 0.15) is 44.6 Å².